The fourth-order valence-corrected chi connectivity index (χ4v) is 2.65. The van der Waals surface area contributed by atoms with Crippen molar-refractivity contribution >= 4 is 5.78 Å². The van der Waals surface area contributed by atoms with Gasteiger partial charge in [0.05, 0.1) is 5.56 Å². The summed E-state index contributed by atoms with van der Waals surface area (Å²) in [6.07, 6.45) is -3.92. The molecule has 0 saturated carbocycles. The van der Waals surface area contributed by atoms with Crippen LogP contribution in [0.2, 0.25) is 0 Å². The van der Waals surface area contributed by atoms with Crippen LogP contribution in [0.1, 0.15) is 31.4 Å². The average Bonchev–Trinajstić information content (AvgIpc) is 2.39. The molecule has 1 aliphatic heterocycles. The molecule has 2 rings (SSSR count). The highest BCUT2D eigenvalue weighted by Gasteiger charge is 2.35. The van der Waals surface area contributed by atoms with E-state index in [1.807, 2.05) is 18.7 Å². The lowest BCUT2D eigenvalue weighted by Gasteiger charge is -2.37. The second-order valence-electron chi connectivity index (χ2n) is 5.37. The Morgan fingerprint density at radius 2 is 1.90 bits per heavy atom. The summed E-state index contributed by atoms with van der Waals surface area (Å²) >= 11 is 0. The number of carbonyl (C=O) groups excluding carboxylic acids is 1. The third-order valence-corrected chi connectivity index (χ3v) is 4.15. The summed E-state index contributed by atoms with van der Waals surface area (Å²) < 4.78 is 38.9. The molecule has 5 heteroatoms. The maximum absolute atomic E-state index is 13.0. The van der Waals surface area contributed by atoms with Gasteiger partial charge in [-0.15, -0.1) is 0 Å². The van der Waals surface area contributed by atoms with Gasteiger partial charge in [-0.3, -0.25) is 9.69 Å². The van der Waals surface area contributed by atoms with E-state index in [2.05, 4.69) is 0 Å². The molecule has 0 aliphatic carbocycles. The highest BCUT2D eigenvalue weighted by atomic mass is 19.4. The number of ketones is 1. The number of alkyl halides is 3. The Kier molecular flexibility index (Phi) is 4.18. The molecule has 0 aromatic heterocycles. The molecule has 1 fully saturated rings. The number of nitrogens with zero attached hydrogens (tertiary/aromatic N) is 1. The van der Waals surface area contributed by atoms with Gasteiger partial charge in [0, 0.05) is 31.5 Å². The number of benzene rings is 1. The Bertz CT molecular complexity index is 498. The number of hydrogen-bond donors (Lipinski definition) is 0. The van der Waals surface area contributed by atoms with Crippen molar-refractivity contribution in [2.45, 2.75) is 39.0 Å². The van der Waals surface area contributed by atoms with Crippen molar-refractivity contribution in [3.8, 4) is 0 Å². The first-order chi connectivity index (χ1) is 9.30. The zero-order chi connectivity index (χ0) is 14.9. The minimum atomic E-state index is -4.34. The highest BCUT2D eigenvalue weighted by Crippen LogP contribution is 2.33. The molecular weight excluding hydrogens is 267 g/mol. The van der Waals surface area contributed by atoms with Gasteiger partial charge in [0.15, 0.2) is 0 Å². The van der Waals surface area contributed by atoms with Crippen LogP contribution in [-0.2, 0) is 17.5 Å². The van der Waals surface area contributed by atoms with Gasteiger partial charge in [-0.25, -0.2) is 0 Å². The predicted octanol–water partition coefficient (Wildman–Crippen LogP) is 3.50. The van der Waals surface area contributed by atoms with Gasteiger partial charge in [0.2, 0.25) is 0 Å². The maximum atomic E-state index is 13.0. The topological polar surface area (TPSA) is 20.3 Å². The minimum Gasteiger partial charge on any atom is -0.299 e. The molecule has 2 nitrogen and oxygen atoms in total. The number of piperidine rings is 1. The van der Waals surface area contributed by atoms with E-state index in [-0.39, 0.29) is 29.9 Å². The molecule has 110 valence electrons. The van der Waals surface area contributed by atoms with Gasteiger partial charge in [-0.1, -0.05) is 25.1 Å². The van der Waals surface area contributed by atoms with Crippen LogP contribution in [-0.4, -0.2) is 23.3 Å². The molecule has 1 saturated heterocycles. The monoisotopic (exact) mass is 285 g/mol. The number of halogens is 3. The molecule has 0 amide bonds. The Balaban J connectivity index is 2.21. The van der Waals surface area contributed by atoms with Gasteiger partial charge in [-0.2, -0.15) is 13.2 Å². The van der Waals surface area contributed by atoms with E-state index in [9.17, 15) is 18.0 Å². The Morgan fingerprint density at radius 3 is 2.55 bits per heavy atom. The van der Waals surface area contributed by atoms with E-state index >= 15 is 0 Å². The summed E-state index contributed by atoms with van der Waals surface area (Å²) in [5.41, 5.74) is -0.315. The lowest BCUT2D eigenvalue weighted by atomic mass is 9.90. The number of likely N-dealkylation sites (tertiary alicyclic amines) is 1. The second kappa shape index (κ2) is 5.56. The van der Waals surface area contributed by atoms with Gasteiger partial charge in [0.1, 0.15) is 5.78 Å². The quantitative estimate of drug-likeness (QED) is 0.829. The third-order valence-electron chi connectivity index (χ3n) is 4.15. The summed E-state index contributed by atoms with van der Waals surface area (Å²) in [4.78, 5) is 13.6. The van der Waals surface area contributed by atoms with E-state index < -0.39 is 11.7 Å². The number of rotatable bonds is 2. The van der Waals surface area contributed by atoms with E-state index in [0.29, 0.717) is 13.0 Å². The van der Waals surface area contributed by atoms with Gasteiger partial charge in [0.25, 0.3) is 0 Å². The van der Waals surface area contributed by atoms with Crippen molar-refractivity contribution in [3.05, 3.63) is 35.4 Å². The zero-order valence-corrected chi connectivity index (χ0v) is 11.6. The van der Waals surface area contributed by atoms with Crippen LogP contribution >= 0.6 is 0 Å². The molecule has 2 atom stereocenters. The van der Waals surface area contributed by atoms with Crippen molar-refractivity contribution in [2.24, 2.45) is 5.92 Å². The third kappa shape index (κ3) is 3.03. The summed E-state index contributed by atoms with van der Waals surface area (Å²) in [6, 6.07) is 5.61. The maximum Gasteiger partial charge on any atom is 0.416 e. The summed E-state index contributed by atoms with van der Waals surface area (Å²) in [5, 5.41) is 0. The molecule has 0 bridgehead atoms. The van der Waals surface area contributed by atoms with Crippen LogP contribution < -0.4 is 0 Å². The molecule has 2 unspecified atom stereocenters. The molecule has 0 spiro atoms. The summed E-state index contributed by atoms with van der Waals surface area (Å²) in [6.45, 7) is 4.50. The number of hydrogen-bond acceptors (Lipinski definition) is 2. The second-order valence-corrected chi connectivity index (χ2v) is 5.37. The first-order valence-corrected chi connectivity index (χ1v) is 6.72. The fraction of sp³-hybridized carbons (Fsp3) is 0.533. The molecule has 1 heterocycles. The normalized spacial score (nSPS) is 24.9. The summed E-state index contributed by atoms with van der Waals surface area (Å²) in [5.74, 6) is 0.0691. The molecule has 20 heavy (non-hydrogen) atoms. The molecule has 0 radical (unpaired) electrons. The van der Waals surface area contributed by atoms with E-state index in [1.165, 1.54) is 12.1 Å². The molecule has 1 aliphatic rings. The summed E-state index contributed by atoms with van der Waals surface area (Å²) in [7, 11) is 0. The van der Waals surface area contributed by atoms with Crippen LogP contribution in [0.5, 0.6) is 0 Å². The van der Waals surface area contributed by atoms with E-state index in [4.69, 9.17) is 0 Å². The smallest absolute Gasteiger partial charge is 0.299 e. The van der Waals surface area contributed by atoms with Crippen LogP contribution in [0.3, 0.4) is 0 Å². The van der Waals surface area contributed by atoms with Crippen molar-refractivity contribution in [1.82, 2.24) is 4.90 Å². The van der Waals surface area contributed by atoms with Crippen molar-refractivity contribution in [2.75, 3.05) is 6.54 Å². The van der Waals surface area contributed by atoms with Crippen LogP contribution in [0.4, 0.5) is 13.2 Å². The number of carbonyl (C=O) groups is 1. The first kappa shape index (κ1) is 15.0. The van der Waals surface area contributed by atoms with Gasteiger partial charge < -0.3 is 0 Å². The average molecular weight is 285 g/mol. The standard InChI is InChI=1S/C15H18F3NO/c1-10-11(2)19(8-7-14(10)20)9-12-5-3-4-6-13(12)15(16,17)18/h3-6,10-11H,7-9H2,1-2H3. The molecular formula is C15H18F3NO. The largest absolute Gasteiger partial charge is 0.416 e. The predicted molar refractivity (Wildman–Crippen MR) is 70.1 cm³/mol. The highest BCUT2D eigenvalue weighted by molar-refractivity contribution is 5.82. The Morgan fingerprint density at radius 1 is 1.25 bits per heavy atom. The van der Waals surface area contributed by atoms with Crippen LogP contribution in [0, 0.1) is 5.92 Å². The van der Waals surface area contributed by atoms with E-state index in [0.717, 1.165) is 6.07 Å². The SMILES string of the molecule is CC1C(=O)CCN(Cc2ccccc2C(F)(F)F)C1C. The van der Waals surface area contributed by atoms with Crippen LogP contribution in [0.25, 0.3) is 0 Å². The molecule has 0 N–H and O–H groups in total. The van der Waals surface area contributed by atoms with E-state index in [1.54, 1.807) is 6.07 Å². The van der Waals surface area contributed by atoms with Crippen LogP contribution in [0.15, 0.2) is 24.3 Å². The zero-order valence-electron chi connectivity index (χ0n) is 11.6. The van der Waals surface area contributed by atoms with Crippen molar-refractivity contribution < 1.29 is 18.0 Å². The molecule has 1 aromatic carbocycles. The first-order valence-electron chi connectivity index (χ1n) is 6.72. The Hall–Kier alpha value is -1.36. The van der Waals surface area contributed by atoms with Crippen molar-refractivity contribution in [3.63, 3.8) is 0 Å². The number of Topliss-reactive ketones (excluding diaryl/α,β-unsaturated/α-hetero) is 1. The van der Waals surface area contributed by atoms with Gasteiger partial charge >= 0.3 is 6.18 Å². The lowest BCUT2D eigenvalue weighted by molar-refractivity contribution is -0.139. The fourth-order valence-electron chi connectivity index (χ4n) is 2.65. The van der Waals surface area contributed by atoms with Crippen molar-refractivity contribution in [1.29, 1.82) is 0 Å². The Labute approximate surface area is 116 Å². The molecule has 1 aromatic rings. The lowest BCUT2D eigenvalue weighted by Crippen LogP contribution is -2.46. The van der Waals surface area contributed by atoms with Gasteiger partial charge in [-0.05, 0) is 18.6 Å². The minimum absolute atomic E-state index is 0.0301.